The molecule has 2 nitrogen and oxygen atoms in total. The van der Waals surface area contributed by atoms with Crippen molar-refractivity contribution < 1.29 is 0 Å². The standard InChI is InChI=1S/C54H38N2/c1-4-16-39(17-5-1)41-30-34-45(35-31-41)55(46-36-32-42(33-37-46)40-18-6-2-7-19-40)47-23-14-22-44(38-47)48-24-10-12-27-51(48)56-52-28-13-11-25-50(52)54-49(26-15-29-53(54)56)43-20-8-3-9-21-43/h1-38H. The number of aromatic nitrogens is 1. The Morgan fingerprint density at radius 2 is 0.750 bits per heavy atom. The molecule has 0 N–H and O–H groups in total. The summed E-state index contributed by atoms with van der Waals surface area (Å²) in [7, 11) is 0. The van der Waals surface area contributed by atoms with E-state index in [1.54, 1.807) is 0 Å². The second kappa shape index (κ2) is 14.4. The average molecular weight is 715 g/mol. The molecule has 1 heterocycles. The predicted octanol–water partition coefficient (Wildman–Crippen LogP) is 14.9. The van der Waals surface area contributed by atoms with Crippen molar-refractivity contribution in [2.45, 2.75) is 0 Å². The van der Waals surface area contributed by atoms with Gasteiger partial charge in [0.1, 0.15) is 0 Å². The first kappa shape index (κ1) is 33.2. The average Bonchev–Trinajstić information content (AvgIpc) is 3.62. The van der Waals surface area contributed by atoms with E-state index in [-0.39, 0.29) is 0 Å². The van der Waals surface area contributed by atoms with Crippen LogP contribution in [0.25, 0.3) is 72.0 Å². The van der Waals surface area contributed by atoms with Gasteiger partial charge in [0, 0.05) is 33.4 Å². The molecule has 0 unspecified atom stereocenters. The Bertz CT molecular complexity index is 2840. The maximum Gasteiger partial charge on any atom is 0.0547 e. The lowest BCUT2D eigenvalue weighted by Crippen LogP contribution is -2.10. The van der Waals surface area contributed by atoms with Crippen molar-refractivity contribution in [1.29, 1.82) is 0 Å². The summed E-state index contributed by atoms with van der Waals surface area (Å²) in [4.78, 5) is 2.36. The molecule has 0 aliphatic heterocycles. The van der Waals surface area contributed by atoms with Gasteiger partial charge in [0.25, 0.3) is 0 Å². The Kier molecular flexibility index (Phi) is 8.55. The van der Waals surface area contributed by atoms with E-state index in [9.17, 15) is 0 Å². The van der Waals surface area contributed by atoms with Gasteiger partial charge in [0.2, 0.25) is 0 Å². The smallest absolute Gasteiger partial charge is 0.0547 e. The van der Waals surface area contributed by atoms with Crippen molar-refractivity contribution in [1.82, 2.24) is 4.57 Å². The fraction of sp³-hybridized carbons (Fsp3) is 0. The number of anilines is 3. The van der Waals surface area contributed by atoms with Crippen molar-refractivity contribution in [3.05, 3.63) is 231 Å². The van der Waals surface area contributed by atoms with Gasteiger partial charge in [-0.1, -0.05) is 176 Å². The third-order valence-electron chi connectivity index (χ3n) is 10.8. The number of hydrogen-bond acceptors (Lipinski definition) is 1. The lowest BCUT2D eigenvalue weighted by molar-refractivity contribution is 1.18. The van der Waals surface area contributed by atoms with E-state index in [1.165, 1.54) is 60.8 Å². The summed E-state index contributed by atoms with van der Waals surface area (Å²) >= 11 is 0. The lowest BCUT2D eigenvalue weighted by atomic mass is 9.99. The number of hydrogen-bond donors (Lipinski definition) is 0. The normalized spacial score (nSPS) is 11.2. The monoisotopic (exact) mass is 714 g/mol. The van der Waals surface area contributed by atoms with Gasteiger partial charge in [-0.15, -0.1) is 0 Å². The van der Waals surface area contributed by atoms with Crippen LogP contribution in [0.3, 0.4) is 0 Å². The van der Waals surface area contributed by atoms with Crippen LogP contribution < -0.4 is 4.90 Å². The number of nitrogens with zero attached hydrogens (tertiary/aromatic N) is 2. The first-order valence-corrected chi connectivity index (χ1v) is 19.2. The van der Waals surface area contributed by atoms with Gasteiger partial charge < -0.3 is 9.47 Å². The summed E-state index contributed by atoms with van der Waals surface area (Å²) in [5.74, 6) is 0. The molecular weight excluding hydrogens is 677 g/mol. The summed E-state index contributed by atoms with van der Waals surface area (Å²) in [5, 5.41) is 2.51. The maximum atomic E-state index is 2.45. The number of para-hydroxylation sites is 2. The van der Waals surface area contributed by atoms with Gasteiger partial charge in [-0.3, -0.25) is 0 Å². The molecule has 0 saturated carbocycles. The Morgan fingerprint density at radius 3 is 1.39 bits per heavy atom. The zero-order chi connectivity index (χ0) is 37.3. The Hall–Kier alpha value is -7.42. The van der Waals surface area contributed by atoms with Crippen molar-refractivity contribution in [3.63, 3.8) is 0 Å². The van der Waals surface area contributed by atoms with Gasteiger partial charge in [-0.05, 0) is 93.5 Å². The first-order chi connectivity index (χ1) is 27.8. The van der Waals surface area contributed by atoms with E-state index in [4.69, 9.17) is 0 Å². The maximum absolute atomic E-state index is 2.45. The molecule has 10 aromatic rings. The van der Waals surface area contributed by atoms with E-state index in [1.807, 2.05) is 0 Å². The summed E-state index contributed by atoms with van der Waals surface area (Å²) in [6, 6.07) is 83.0. The highest BCUT2D eigenvalue weighted by Crippen LogP contribution is 2.42. The van der Waals surface area contributed by atoms with Crippen LogP contribution in [-0.4, -0.2) is 4.57 Å². The number of rotatable bonds is 8. The highest BCUT2D eigenvalue weighted by Gasteiger charge is 2.19. The molecule has 2 heteroatoms. The molecule has 0 amide bonds. The molecule has 264 valence electrons. The van der Waals surface area contributed by atoms with Crippen molar-refractivity contribution in [2.24, 2.45) is 0 Å². The Labute approximate surface area is 327 Å². The Morgan fingerprint density at radius 1 is 0.286 bits per heavy atom. The largest absolute Gasteiger partial charge is 0.310 e. The van der Waals surface area contributed by atoms with Gasteiger partial charge in [0.05, 0.1) is 16.7 Å². The van der Waals surface area contributed by atoms with E-state index in [0.717, 1.165) is 28.3 Å². The topological polar surface area (TPSA) is 8.17 Å². The molecule has 0 radical (unpaired) electrons. The molecule has 10 rings (SSSR count). The van der Waals surface area contributed by atoms with E-state index >= 15 is 0 Å². The third kappa shape index (κ3) is 6.04. The minimum absolute atomic E-state index is 1.09. The van der Waals surface area contributed by atoms with Crippen LogP contribution in [-0.2, 0) is 0 Å². The molecule has 0 bridgehead atoms. The third-order valence-corrected chi connectivity index (χ3v) is 10.8. The number of fused-ring (bicyclic) bond motifs is 3. The molecule has 0 saturated heterocycles. The van der Waals surface area contributed by atoms with Crippen LogP contribution >= 0.6 is 0 Å². The fourth-order valence-corrected chi connectivity index (χ4v) is 8.18. The molecule has 0 fully saturated rings. The zero-order valence-electron chi connectivity index (χ0n) is 30.8. The van der Waals surface area contributed by atoms with Crippen molar-refractivity contribution in [2.75, 3.05) is 4.90 Å². The SMILES string of the molecule is c1ccc(-c2ccc(N(c3ccc(-c4ccccc4)cc3)c3cccc(-c4ccccc4-n4c5ccccc5c5c(-c6ccccc6)cccc54)c3)cc2)cc1. The van der Waals surface area contributed by atoms with Gasteiger partial charge in [0.15, 0.2) is 0 Å². The van der Waals surface area contributed by atoms with Gasteiger partial charge in [-0.2, -0.15) is 0 Å². The molecular formula is C54H38N2. The second-order valence-corrected chi connectivity index (χ2v) is 14.1. The number of benzene rings is 9. The summed E-state index contributed by atoms with van der Waals surface area (Å²) in [6.45, 7) is 0. The predicted molar refractivity (Wildman–Crippen MR) is 237 cm³/mol. The van der Waals surface area contributed by atoms with E-state index < -0.39 is 0 Å². The molecule has 0 spiro atoms. The molecule has 0 aliphatic rings. The lowest BCUT2D eigenvalue weighted by Gasteiger charge is -2.27. The highest BCUT2D eigenvalue weighted by atomic mass is 15.1. The Balaban J connectivity index is 1.12. The molecule has 0 atom stereocenters. The quantitative estimate of drug-likeness (QED) is 0.152. The minimum Gasteiger partial charge on any atom is -0.310 e. The van der Waals surface area contributed by atoms with Gasteiger partial charge in [-0.25, -0.2) is 0 Å². The van der Waals surface area contributed by atoms with Crippen LogP contribution in [0, 0.1) is 0 Å². The molecule has 1 aromatic heterocycles. The van der Waals surface area contributed by atoms with Crippen LogP contribution in [0.2, 0.25) is 0 Å². The summed E-state index contributed by atoms with van der Waals surface area (Å²) in [6.07, 6.45) is 0. The van der Waals surface area contributed by atoms with Crippen LogP contribution in [0.15, 0.2) is 231 Å². The van der Waals surface area contributed by atoms with Crippen LogP contribution in [0.5, 0.6) is 0 Å². The van der Waals surface area contributed by atoms with Crippen LogP contribution in [0.1, 0.15) is 0 Å². The van der Waals surface area contributed by atoms with E-state index in [0.29, 0.717) is 0 Å². The van der Waals surface area contributed by atoms with E-state index in [2.05, 4.69) is 240 Å². The molecule has 56 heavy (non-hydrogen) atoms. The van der Waals surface area contributed by atoms with Gasteiger partial charge >= 0.3 is 0 Å². The second-order valence-electron chi connectivity index (χ2n) is 14.1. The minimum atomic E-state index is 1.09. The first-order valence-electron chi connectivity index (χ1n) is 19.2. The van der Waals surface area contributed by atoms with Crippen molar-refractivity contribution in [3.8, 4) is 50.2 Å². The molecule has 9 aromatic carbocycles. The summed E-state index contributed by atoms with van der Waals surface area (Å²) in [5.41, 5.74) is 16.4. The van der Waals surface area contributed by atoms with Crippen LogP contribution in [0.4, 0.5) is 17.1 Å². The summed E-state index contributed by atoms with van der Waals surface area (Å²) < 4.78 is 2.45. The zero-order valence-corrected chi connectivity index (χ0v) is 30.8. The van der Waals surface area contributed by atoms with Crippen molar-refractivity contribution >= 4 is 38.9 Å². The molecule has 0 aliphatic carbocycles. The fourth-order valence-electron chi connectivity index (χ4n) is 8.18. The highest BCUT2D eigenvalue weighted by molar-refractivity contribution is 6.16.